The van der Waals surface area contributed by atoms with Gasteiger partial charge in [-0.1, -0.05) is 39.8 Å². The van der Waals surface area contributed by atoms with Gasteiger partial charge in [0, 0.05) is 19.1 Å². The number of amides is 2. The van der Waals surface area contributed by atoms with E-state index in [2.05, 4.69) is 19.2 Å². The molecular weight excluding hydrogens is 330 g/mol. The molecule has 6 heteroatoms. The van der Waals surface area contributed by atoms with Gasteiger partial charge in [0.05, 0.1) is 12.7 Å². The summed E-state index contributed by atoms with van der Waals surface area (Å²) < 4.78 is 5.25. The Morgan fingerprint density at radius 1 is 1.31 bits per heavy atom. The molecule has 2 atom stereocenters. The lowest BCUT2D eigenvalue weighted by molar-refractivity contribution is -0.137. The molecule has 0 radical (unpaired) electrons. The zero-order valence-corrected chi connectivity index (χ0v) is 16.4. The number of rotatable bonds is 5. The number of hydrogen-bond donors (Lipinski definition) is 2. The number of nitrogens with two attached hydrogens (primary N) is 1. The van der Waals surface area contributed by atoms with Crippen LogP contribution in [0.1, 0.15) is 44.5 Å². The number of benzene rings is 1. The van der Waals surface area contributed by atoms with E-state index >= 15 is 0 Å². The molecule has 2 amide bonds. The Kier molecular flexibility index (Phi) is 6.29. The van der Waals surface area contributed by atoms with Crippen LogP contribution in [0.15, 0.2) is 24.3 Å². The van der Waals surface area contributed by atoms with Crippen molar-refractivity contribution in [3.8, 4) is 5.75 Å². The van der Waals surface area contributed by atoms with E-state index in [1.807, 2.05) is 18.7 Å². The maximum atomic E-state index is 13.1. The van der Waals surface area contributed by atoms with E-state index in [0.717, 1.165) is 6.42 Å². The van der Waals surface area contributed by atoms with Crippen LogP contribution in [0.3, 0.4) is 0 Å². The highest BCUT2D eigenvalue weighted by Crippen LogP contribution is 2.28. The van der Waals surface area contributed by atoms with Gasteiger partial charge in [0.25, 0.3) is 5.91 Å². The van der Waals surface area contributed by atoms with Gasteiger partial charge in [0.15, 0.2) is 0 Å². The van der Waals surface area contributed by atoms with Crippen molar-refractivity contribution in [3.05, 3.63) is 29.8 Å². The second-order valence-electron chi connectivity index (χ2n) is 8.04. The van der Waals surface area contributed by atoms with E-state index in [1.54, 1.807) is 24.3 Å². The molecule has 1 aliphatic rings. The summed E-state index contributed by atoms with van der Waals surface area (Å²) in [6.45, 7) is 9.25. The Morgan fingerprint density at radius 3 is 2.54 bits per heavy atom. The molecule has 0 bridgehead atoms. The third-order valence-corrected chi connectivity index (χ3v) is 5.19. The van der Waals surface area contributed by atoms with Crippen LogP contribution in [0, 0.1) is 11.3 Å². The number of likely N-dealkylation sites (tertiary alicyclic amines) is 1. The standard InChI is InChI=1S/C20H31N3O3/c1-13(2)17(19(25)23-11-10-16(21)20(3,4)12-23)22-18(24)14-8-6-7-9-15(14)26-5/h6-9,13,16-17H,10-12,21H2,1-5H3,(H,22,24). The van der Waals surface area contributed by atoms with Crippen LogP contribution >= 0.6 is 0 Å². The van der Waals surface area contributed by atoms with Crippen molar-refractivity contribution < 1.29 is 14.3 Å². The van der Waals surface area contributed by atoms with E-state index in [0.29, 0.717) is 24.4 Å². The van der Waals surface area contributed by atoms with Gasteiger partial charge in [0.2, 0.25) is 5.91 Å². The number of methoxy groups -OCH3 is 1. The predicted molar refractivity (Wildman–Crippen MR) is 102 cm³/mol. The van der Waals surface area contributed by atoms with Crippen LogP contribution in [0.5, 0.6) is 5.75 Å². The SMILES string of the molecule is COc1ccccc1C(=O)NC(C(=O)N1CCC(N)C(C)(C)C1)C(C)C. The zero-order valence-electron chi connectivity index (χ0n) is 16.4. The monoisotopic (exact) mass is 361 g/mol. The van der Waals surface area contributed by atoms with Gasteiger partial charge in [-0.15, -0.1) is 0 Å². The minimum absolute atomic E-state index is 0.0279. The molecular formula is C20H31N3O3. The van der Waals surface area contributed by atoms with Gasteiger partial charge in [0.1, 0.15) is 11.8 Å². The van der Waals surface area contributed by atoms with E-state index in [-0.39, 0.29) is 29.2 Å². The lowest BCUT2D eigenvalue weighted by Gasteiger charge is -2.44. The topological polar surface area (TPSA) is 84.7 Å². The smallest absolute Gasteiger partial charge is 0.255 e. The van der Waals surface area contributed by atoms with Gasteiger partial charge in [-0.25, -0.2) is 0 Å². The highest BCUT2D eigenvalue weighted by molar-refractivity contribution is 5.99. The first kappa shape index (κ1) is 20.2. The fraction of sp³-hybridized carbons (Fsp3) is 0.600. The molecule has 26 heavy (non-hydrogen) atoms. The van der Waals surface area contributed by atoms with Crippen molar-refractivity contribution in [1.82, 2.24) is 10.2 Å². The van der Waals surface area contributed by atoms with Gasteiger partial charge in [-0.05, 0) is 29.9 Å². The third-order valence-electron chi connectivity index (χ3n) is 5.19. The van der Waals surface area contributed by atoms with E-state index in [4.69, 9.17) is 10.5 Å². The fourth-order valence-corrected chi connectivity index (χ4v) is 3.32. The predicted octanol–water partition coefficient (Wildman–Crippen LogP) is 2.04. The number of nitrogens with zero attached hydrogens (tertiary/aromatic N) is 1. The normalized spacial score (nSPS) is 20.6. The Bertz CT molecular complexity index is 657. The lowest BCUT2D eigenvalue weighted by Crippen LogP contribution is -2.59. The number of para-hydroxylation sites is 1. The summed E-state index contributed by atoms with van der Waals surface area (Å²) in [6.07, 6.45) is 0.768. The van der Waals surface area contributed by atoms with Gasteiger partial charge in [-0.3, -0.25) is 9.59 Å². The van der Waals surface area contributed by atoms with Gasteiger partial charge < -0.3 is 20.7 Å². The molecule has 3 N–H and O–H groups in total. The van der Waals surface area contributed by atoms with Crippen molar-refractivity contribution in [2.75, 3.05) is 20.2 Å². The highest BCUT2D eigenvalue weighted by Gasteiger charge is 2.38. The number of ether oxygens (including phenoxy) is 1. The molecule has 1 fully saturated rings. The first-order valence-corrected chi connectivity index (χ1v) is 9.15. The molecule has 144 valence electrons. The van der Waals surface area contributed by atoms with Crippen LogP contribution in [0.2, 0.25) is 0 Å². The number of carbonyl (C=O) groups excluding carboxylic acids is 2. The molecule has 6 nitrogen and oxygen atoms in total. The molecule has 1 saturated heterocycles. The zero-order chi connectivity index (χ0) is 19.5. The van der Waals surface area contributed by atoms with Crippen LogP contribution in [0.4, 0.5) is 0 Å². The van der Waals surface area contributed by atoms with Crippen molar-refractivity contribution in [1.29, 1.82) is 0 Å². The van der Waals surface area contributed by atoms with Crippen LogP contribution in [0.25, 0.3) is 0 Å². The van der Waals surface area contributed by atoms with Crippen LogP contribution < -0.4 is 15.8 Å². The van der Waals surface area contributed by atoms with Crippen LogP contribution in [-0.4, -0.2) is 49.0 Å². The summed E-state index contributed by atoms with van der Waals surface area (Å²) in [5.74, 6) is 0.107. The fourth-order valence-electron chi connectivity index (χ4n) is 3.32. The minimum Gasteiger partial charge on any atom is -0.496 e. The molecule has 0 aromatic heterocycles. The maximum Gasteiger partial charge on any atom is 0.255 e. The molecule has 1 heterocycles. The van der Waals surface area contributed by atoms with Gasteiger partial charge >= 0.3 is 0 Å². The summed E-state index contributed by atoms with van der Waals surface area (Å²) in [5, 5.41) is 2.90. The molecule has 1 aliphatic heterocycles. The molecule has 1 aromatic rings. The third kappa shape index (κ3) is 4.36. The summed E-state index contributed by atoms with van der Waals surface area (Å²) in [5.41, 5.74) is 6.47. The van der Waals surface area contributed by atoms with Crippen LogP contribution in [-0.2, 0) is 4.79 Å². The molecule has 2 unspecified atom stereocenters. The Labute approximate surface area is 156 Å². The largest absolute Gasteiger partial charge is 0.496 e. The molecule has 0 spiro atoms. The molecule has 1 aromatic carbocycles. The average Bonchev–Trinajstić information content (AvgIpc) is 2.60. The van der Waals surface area contributed by atoms with E-state index in [1.165, 1.54) is 7.11 Å². The minimum atomic E-state index is -0.586. The number of piperidine rings is 1. The van der Waals surface area contributed by atoms with Crippen molar-refractivity contribution in [2.45, 2.75) is 46.2 Å². The summed E-state index contributed by atoms with van der Waals surface area (Å²) in [7, 11) is 1.52. The second-order valence-corrected chi connectivity index (χ2v) is 8.04. The number of hydrogen-bond acceptors (Lipinski definition) is 4. The maximum absolute atomic E-state index is 13.1. The number of nitrogens with one attached hydrogen (secondary N) is 1. The van der Waals surface area contributed by atoms with Crippen molar-refractivity contribution in [2.24, 2.45) is 17.1 Å². The first-order valence-electron chi connectivity index (χ1n) is 9.15. The first-order chi connectivity index (χ1) is 12.2. The quantitative estimate of drug-likeness (QED) is 0.840. The summed E-state index contributed by atoms with van der Waals surface area (Å²) >= 11 is 0. The summed E-state index contributed by atoms with van der Waals surface area (Å²) in [4.78, 5) is 27.6. The second kappa shape index (κ2) is 8.08. The summed E-state index contributed by atoms with van der Waals surface area (Å²) in [6, 6.07) is 6.50. The lowest BCUT2D eigenvalue weighted by atomic mass is 9.79. The van der Waals surface area contributed by atoms with Crippen molar-refractivity contribution >= 4 is 11.8 Å². The average molecular weight is 361 g/mol. The molecule has 0 aliphatic carbocycles. The Balaban J connectivity index is 2.16. The molecule has 2 rings (SSSR count). The van der Waals surface area contributed by atoms with Gasteiger partial charge in [-0.2, -0.15) is 0 Å². The Hall–Kier alpha value is -2.08. The number of carbonyl (C=O) groups is 2. The highest BCUT2D eigenvalue weighted by atomic mass is 16.5. The van der Waals surface area contributed by atoms with E-state index < -0.39 is 6.04 Å². The Morgan fingerprint density at radius 2 is 1.96 bits per heavy atom. The van der Waals surface area contributed by atoms with E-state index in [9.17, 15) is 9.59 Å². The molecule has 0 saturated carbocycles. The van der Waals surface area contributed by atoms with Crippen molar-refractivity contribution in [3.63, 3.8) is 0 Å².